The number of hydrogen-bond donors (Lipinski definition) is 0. The Balaban J connectivity index is 1.90. The maximum absolute atomic E-state index is 11.8. The first-order valence-corrected chi connectivity index (χ1v) is 8.82. The van der Waals surface area contributed by atoms with Crippen LogP contribution < -0.4 is 9.80 Å². The van der Waals surface area contributed by atoms with E-state index in [0.29, 0.717) is 37.8 Å². The molecule has 2 saturated heterocycles. The van der Waals surface area contributed by atoms with E-state index < -0.39 is 0 Å². The Morgan fingerprint density at radius 1 is 0.960 bits per heavy atom. The van der Waals surface area contributed by atoms with Crippen molar-refractivity contribution >= 4 is 23.2 Å². The van der Waals surface area contributed by atoms with Crippen molar-refractivity contribution in [3.8, 4) is 0 Å². The van der Waals surface area contributed by atoms with E-state index in [2.05, 4.69) is 9.97 Å². The van der Waals surface area contributed by atoms with Gasteiger partial charge in [-0.15, -0.1) is 0 Å². The molecule has 0 aromatic carbocycles. The number of aromatic nitrogens is 2. The zero-order valence-corrected chi connectivity index (χ0v) is 14.6. The highest BCUT2D eigenvalue weighted by atomic mass is 16.6. The molecule has 1 amide bonds. The molecule has 0 atom stereocenters. The van der Waals surface area contributed by atoms with Gasteiger partial charge in [-0.2, -0.15) is 0 Å². The summed E-state index contributed by atoms with van der Waals surface area (Å²) in [6.45, 7) is 5.53. The second-order valence-electron chi connectivity index (χ2n) is 6.52. The molecule has 0 aliphatic carbocycles. The van der Waals surface area contributed by atoms with Gasteiger partial charge in [-0.1, -0.05) is 0 Å². The topological polar surface area (TPSA) is 95.7 Å². The quantitative estimate of drug-likeness (QED) is 0.602. The van der Waals surface area contributed by atoms with Gasteiger partial charge in [0.05, 0.1) is 4.92 Å². The number of nitrogens with zero attached hydrogens (tertiary/aromatic N) is 6. The van der Waals surface area contributed by atoms with E-state index in [9.17, 15) is 14.9 Å². The maximum atomic E-state index is 11.8. The van der Waals surface area contributed by atoms with Gasteiger partial charge in [-0.3, -0.25) is 14.9 Å². The first-order chi connectivity index (χ1) is 12.1. The molecule has 0 bridgehead atoms. The van der Waals surface area contributed by atoms with Crippen molar-refractivity contribution in [1.29, 1.82) is 0 Å². The number of anilines is 2. The third-order valence-electron chi connectivity index (χ3n) is 4.86. The van der Waals surface area contributed by atoms with Gasteiger partial charge in [0.25, 0.3) is 0 Å². The fourth-order valence-electron chi connectivity index (χ4n) is 3.54. The van der Waals surface area contributed by atoms with Gasteiger partial charge in [0, 0.05) is 46.2 Å². The van der Waals surface area contributed by atoms with Crippen LogP contribution in [-0.4, -0.2) is 65.0 Å². The Morgan fingerprint density at radius 3 is 2.16 bits per heavy atom. The number of carbonyl (C=O) groups is 1. The molecule has 2 fully saturated rings. The summed E-state index contributed by atoms with van der Waals surface area (Å²) >= 11 is 0. The summed E-state index contributed by atoms with van der Waals surface area (Å²) in [5, 5.41) is 11.8. The molecule has 2 aliphatic rings. The Bertz CT molecular complexity index is 647. The molecule has 25 heavy (non-hydrogen) atoms. The normalized spacial score (nSPS) is 18.8. The average molecular weight is 348 g/mol. The second kappa shape index (κ2) is 7.62. The van der Waals surface area contributed by atoms with Crippen LogP contribution in [-0.2, 0) is 4.79 Å². The predicted molar refractivity (Wildman–Crippen MR) is 93.8 cm³/mol. The van der Waals surface area contributed by atoms with Crippen molar-refractivity contribution < 1.29 is 9.72 Å². The first kappa shape index (κ1) is 17.4. The van der Waals surface area contributed by atoms with Crippen molar-refractivity contribution in [3.05, 3.63) is 16.4 Å². The maximum Gasteiger partial charge on any atom is 0.353 e. The van der Waals surface area contributed by atoms with Crippen molar-refractivity contribution in [2.45, 2.75) is 32.6 Å². The molecule has 0 saturated carbocycles. The molecule has 3 rings (SSSR count). The van der Waals surface area contributed by atoms with Crippen LogP contribution in [0.1, 0.15) is 32.6 Å². The molecule has 0 radical (unpaired) electrons. The lowest BCUT2D eigenvalue weighted by Gasteiger charge is -2.28. The molecule has 0 N–H and O–H groups in total. The number of amides is 1. The number of carbonyl (C=O) groups excluding carboxylic acids is 1. The number of nitro groups is 1. The summed E-state index contributed by atoms with van der Waals surface area (Å²) in [6, 6.07) is 0. The van der Waals surface area contributed by atoms with Crippen LogP contribution in [0.2, 0.25) is 0 Å². The average Bonchev–Trinajstić information content (AvgIpc) is 2.88. The fraction of sp³-hybridized carbons (Fsp3) is 0.688. The molecule has 1 aromatic heterocycles. The van der Waals surface area contributed by atoms with Crippen LogP contribution in [0, 0.1) is 10.1 Å². The Morgan fingerprint density at radius 2 is 1.56 bits per heavy atom. The van der Waals surface area contributed by atoms with E-state index in [0.717, 1.165) is 38.8 Å². The van der Waals surface area contributed by atoms with Gasteiger partial charge in [0.1, 0.15) is 6.33 Å². The van der Waals surface area contributed by atoms with E-state index in [4.69, 9.17) is 0 Å². The molecule has 2 aliphatic heterocycles. The summed E-state index contributed by atoms with van der Waals surface area (Å²) in [5.74, 6) is 0.821. The van der Waals surface area contributed by atoms with Crippen LogP contribution in [0.5, 0.6) is 0 Å². The number of piperidine rings is 1. The lowest BCUT2D eigenvalue weighted by molar-refractivity contribution is -0.383. The number of rotatable bonds is 3. The standard InChI is InChI=1S/C16H24N6O3/c1-13(23)19-8-5-9-21(11-10-19)16-14(22(24)25)15(17-12-18-16)20-6-3-2-4-7-20/h12H,2-11H2,1H3. The van der Waals surface area contributed by atoms with E-state index in [1.807, 2.05) is 9.80 Å². The lowest BCUT2D eigenvalue weighted by Crippen LogP contribution is -2.35. The smallest absolute Gasteiger partial charge is 0.351 e. The number of hydrogen-bond acceptors (Lipinski definition) is 7. The first-order valence-electron chi connectivity index (χ1n) is 8.82. The van der Waals surface area contributed by atoms with E-state index in [-0.39, 0.29) is 16.5 Å². The molecule has 0 spiro atoms. The van der Waals surface area contributed by atoms with Gasteiger partial charge in [-0.05, 0) is 25.7 Å². The van der Waals surface area contributed by atoms with E-state index in [1.165, 1.54) is 6.33 Å². The highest BCUT2D eigenvalue weighted by molar-refractivity contribution is 5.74. The summed E-state index contributed by atoms with van der Waals surface area (Å²) < 4.78 is 0. The summed E-state index contributed by atoms with van der Waals surface area (Å²) in [7, 11) is 0. The second-order valence-corrected chi connectivity index (χ2v) is 6.52. The molecular weight excluding hydrogens is 324 g/mol. The summed E-state index contributed by atoms with van der Waals surface area (Å²) in [4.78, 5) is 37.2. The fourth-order valence-corrected chi connectivity index (χ4v) is 3.54. The van der Waals surface area contributed by atoms with Crippen LogP contribution in [0.15, 0.2) is 6.33 Å². The van der Waals surface area contributed by atoms with Gasteiger partial charge in [0.2, 0.25) is 17.5 Å². The van der Waals surface area contributed by atoms with E-state index in [1.54, 1.807) is 11.8 Å². The Kier molecular flexibility index (Phi) is 5.30. The minimum Gasteiger partial charge on any atom is -0.351 e. The van der Waals surface area contributed by atoms with Gasteiger partial charge >= 0.3 is 5.69 Å². The molecule has 0 unspecified atom stereocenters. The third kappa shape index (κ3) is 3.80. The van der Waals surface area contributed by atoms with Gasteiger partial charge in [-0.25, -0.2) is 9.97 Å². The van der Waals surface area contributed by atoms with Crippen LogP contribution >= 0.6 is 0 Å². The van der Waals surface area contributed by atoms with E-state index >= 15 is 0 Å². The molecular formula is C16H24N6O3. The molecule has 136 valence electrons. The van der Waals surface area contributed by atoms with Crippen molar-refractivity contribution in [2.24, 2.45) is 0 Å². The Labute approximate surface area is 146 Å². The summed E-state index contributed by atoms with van der Waals surface area (Å²) in [5.41, 5.74) is -0.0133. The zero-order chi connectivity index (χ0) is 17.8. The minimum atomic E-state index is -0.368. The summed E-state index contributed by atoms with van der Waals surface area (Å²) in [6.07, 6.45) is 5.37. The predicted octanol–water partition coefficient (Wildman–Crippen LogP) is 1.43. The highest BCUT2D eigenvalue weighted by Crippen LogP contribution is 2.35. The molecule has 3 heterocycles. The van der Waals surface area contributed by atoms with Crippen molar-refractivity contribution in [3.63, 3.8) is 0 Å². The molecule has 9 heteroatoms. The Hall–Kier alpha value is -2.45. The monoisotopic (exact) mass is 348 g/mol. The third-order valence-corrected chi connectivity index (χ3v) is 4.86. The SMILES string of the molecule is CC(=O)N1CCCN(c2ncnc(N3CCCCC3)c2[N+](=O)[O-])CC1. The molecule has 9 nitrogen and oxygen atoms in total. The van der Waals surface area contributed by atoms with Crippen molar-refractivity contribution in [2.75, 3.05) is 49.1 Å². The molecule has 1 aromatic rings. The van der Waals surface area contributed by atoms with Crippen molar-refractivity contribution in [1.82, 2.24) is 14.9 Å². The lowest BCUT2D eigenvalue weighted by atomic mass is 10.1. The largest absolute Gasteiger partial charge is 0.353 e. The van der Waals surface area contributed by atoms with Crippen LogP contribution in [0.3, 0.4) is 0 Å². The van der Waals surface area contributed by atoms with Gasteiger partial charge in [0.15, 0.2) is 0 Å². The zero-order valence-electron chi connectivity index (χ0n) is 14.6. The van der Waals surface area contributed by atoms with Gasteiger partial charge < -0.3 is 14.7 Å². The van der Waals surface area contributed by atoms with Crippen LogP contribution in [0.25, 0.3) is 0 Å². The van der Waals surface area contributed by atoms with Crippen LogP contribution in [0.4, 0.5) is 17.3 Å². The minimum absolute atomic E-state index is 0.0133. The highest BCUT2D eigenvalue weighted by Gasteiger charge is 2.31.